The highest BCUT2D eigenvalue weighted by molar-refractivity contribution is 5.74. The molecule has 0 bridgehead atoms. The summed E-state index contributed by atoms with van der Waals surface area (Å²) in [5.41, 5.74) is -0.738. The topological polar surface area (TPSA) is 66.8 Å². The first-order valence-electron chi connectivity index (χ1n) is 5.90. The number of hydrogen-bond acceptors (Lipinski definition) is 4. The van der Waals surface area contributed by atoms with Gasteiger partial charge in [0.25, 0.3) is 0 Å². The van der Waals surface area contributed by atoms with Crippen molar-refractivity contribution in [3.8, 4) is 0 Å². The molecule has 0 atom stereocenters. The molecule has 0 unspecified atom stereocenters. The maximum absolute atomic E-state index is 11.3. The van der Waals surface area contributed by atoms with Crippen LogP contribution in [0, 0.1) is 11.3 Å². The van der Waals surface area contributed by atoms with Crippen molar-refractivity contribution in [2.24, 2.45) is 11.3 Å². The van der Waals surface area contributed by atoms with E-state index < -0.39 is 11.4 Å². The van der Waals surface area contributed by atoms with E-state index >= 15 is 0 Å². The van der Waals surface area contributed by atoms with Crippen LogP contribution in [-0.4, -0.2) is 48.7 Å². The van der Waals surface area contributed by atoms with Crippen molar-refractivity contribution in [1.29, 1.82) is 0 Å². The van der Waals surface area contributed by atoms with Gasteiger partial charge in [-0.15, -0.1) is 0 Å². The van der Waals surface area contributed by atoms with Gasteiger partial charge in [-0.2, -0.15) is 0 Å². The smallest absolute Gasteiger partial charge is 0.310 e. The fourth-order valence-electron chi connectivity index (χ4n) is 2.12. The van der Waals surface area contributed by atoms with Crippen LogP contribution in [0.3, 0.4) is 0 Å². The predicted octanol–water partition coefficient (Wildman–Crippen LogP) is 0.982. The molecule has 5 heteroatoms. The Bertz CT molecular complexity index is 293. The third kappa shape index (κ3) is 3.70. The number of carbonyl (C=O) groups is 2. The van der Waals surface area contributed by atoms with E-state index in [9.17, 15) is 9.59 Å². The number of carbonyl (C=O) groups excluding carboxylic acids is 1. The van der Waals surface area contributed by atoms with Crippen LogP contribution in [0.1, 0.15) is 26.7 Å². The summed E-state index contributed by atoms with van der Waals surface area (Å²) in [6.45, 7) is 5.49. The summed E-state index contributed by atoms with van der Waals surface area (Å²) < 4.78 is 4.71. The molecule has 0 saturated carbocycles. The number of piperidine rings is 1. The maximum Gasteiger partial charge on any atom is 0.310 e. The van der Waals surface area contributed by atoms with E-state index in [2.05, 4.69) is 4.90 Å². The molecule has 0 amide bonds. The fourth-order valence-corrected chi connectivity index (χ4v) is 2.12. The SMILES string of the molecule is COC(=O)C1CCN(CC(C)(C)C(=O)O)CC1. The predicted molar refractivity (Wildman–Crippen MR) is 62.6 cm³/mol. The fraction of sp³-hybridized carbons (Fsp3) is 0.833. The summed E-state index contributed by atoms with van der Waals surface area (Å²) in [4.78, 5) is 24.4. The Kier molecular flexibility index (Phi) is 4.51. The lowest BCUT2D eigenvalue weighted by molar-refractivity contribution is -0.150. The van der Waals surface area contributed by atoms with E-state index in [1.54, 1.807) is 13.8 Å². The van der Waals surface area contributed by atoms with Gasteiger partial charge in [0.2, 0.25) is 0 Å². The molecule has 1 fully saturated rings. The van der Waals surface area contributed by atoms with Gasteiger partial charge in [-0.05, 0) is 39.8 Å². The Morgan fingerprint density at radius 3 is 2.29 bits per heavy atom. The highest BCUT2D eigenvalue weighted by atomic mass is 16.5. The van der Waals surface area contributed by atoms with Gasteiger partial charge in [0, 0.05) is 6.54 Å². The lowest BCUT2D eigenvalue weighted by Crippen LogP contribution is -2.44. The molecule has 98 valence electrons. The largest absolute Gasteiger partial charge is 0.481 e. The Hall–Kier alpha value is -1.10. The van der Waals surface area contributed by atoms with E-state index in [0.29, 0.717) is 6.54 Å². The number of carboxylic acid groups (broad SMARTS) is 1. The van der Waals surface area contributed by atoms with Gasteiger partial charge in [0.15, 0.2) is 0 Å². The number of esters is 1. The van der Waals surface area contributed by atoms with E-state index in [1.807, 2.05) is 0 Å². The Balaban J connectivity index is 2.43. The van der Waals surface area contributed by atoms with Gasteiger partial charge in [-0.25, -0.2) is 0 Å². The van der Waals surface area contributed by atoms with Crippen molar-refractivity contribution in [3.63, 3.8) is 0 Å². The van der Waals surface area contributed by atoms with Gasteiger partial charge in [-0.1, -0.05) is 0 Å². The lowest BCUT2D eigenvalue weighted by Gasteiger charge is -2.34. The quantitative estimate of drug-likeness (QED) is 0.746. The van der Waals surface area contributed by atoms with Crippen LogP contribution in [0.25, 0.3) is 0 Å². The van der Waals surface area contributed by atoms with Crippen LogP contribution in [-0.2, 0) is 14.3 Å². The molecule has 1 saturated heterocycles. The van der Waals surface area contributed by atoms with Crippen LogP contribution in [0.5, 0.6) is 0 Å². The number of methoxy groups -OCH3 is 1. The summed E-state index contributed by atoms with van der Waals surface area (Å²) in [6.07, 6.45) is 1.50. The molecule has 0 spiro atoms. The van der Waals surface area contributed by atoms with Crippen molar-refractivity contribution in [3.05, 3.63) is 0 Å². The molecule has 0 aromatic rings. The van der Waals surface area contributed by atoms with E-state index in [-0.39, 0.29) is 11.9 Å². The minimum atomic E-state index is -0.785. The zero-order valence-corrected chi connectivity index (χ0v) is 10.7. The zero-order valence-electron chi connectivity index (χ0n) is 10.7. The number of ether oxygens (including phenoxy) is 1. The number of nitrogens with zero attached hydrogens (tertiary/aromatic N) is 1. The average Bonchev–Trinajstić information content (AvgIpc) is 2.28. The van der Waals surface area contributed by atoms with Crippen molar-refractivity contribution < 1.29 is 19.4 Å². The van der Waals surface area contributed by atoms with Crippen molar-refractivity contribution >= 4 is 11.9 Å². The number of hydrogen-bond donors (Lipinski definition) is 1. The van der Waals surface area contributed by atoms with Gasteiger partial charge in [0.05, 0.1) is 18.4 Å². The molecular formula is C12H21NO4. The summed E-state index contributed by atoms with van der Waals surface area (Å²) >= 11 is 0. The van der Waals surface area contributed by atoms with Gasteiger partial charge in [-0.3, -0.25) is 9.59 Å². The van der Waals surface area contributed by atoms with Gasteiger partial charge < -0.3 is 14.7 Å². The molecule has 1 aliphatic heterocycles. The molecular weight excluding hydrogens is 222 g/mol. The zero-order chi connectivity index (χ0) is 13.1. The summed E-state index contributed by atoms with van der Waals surface area (Å²) in [5.74, 6) is -0.959. The number of rotatable bonds is 4. The molecule has 1 aliphatic rings. The minimum Gasteiger partial charge on any atom is -0.481 e. The van der Waals surface area contributed by atoms with E-state index in [0.717, 1.165) is 25.9 Å². The summed E-state index contributed by atoms with van der Waals surface area (Å²) in [7, 11) is 1.41. The van der Waals surface area contributed by atoms with Gasteiger partial charge >= 0.3 is 11.9 Å². The highest BCUT2D eigenvalue weighted by Crippen LogP contribution is 2.23. The van der Waals surface area contributed by atoms with Crippen LogP contribution in [0.2, 0.25) is 0 Å². The first-order chi connectivity index (χ1) is 7.86. The molecule has 5 nitrogen and oxygen atoms in total. The molecule has 0 aromatic heterocycles. The van der Waals surface area contributed by atoms with Crippen LogP contribution in [0.4, 0.5) is 0 Å². The monoisotopic (exact) mass is 243 g/mol. The minimum absolute atomic E-state index is 0.0239. The molecule has 0 aromatic carbocycles. The molecule has 1 heterocycles. The second-order valence-electron chi connectivity index (χ2n) is 5.26. The second kappa shape index (κ2) is 5.49. The third-order valence-electron chi connectivity index (χ3n) is 3.32. The first-order valence-corrected chi connectivity index (χ1v) is 5.90. The van der Waals surface area contributed by atoms with Crippen molar-refractivity contribution in [2.75, 3.05) is 26.7 Å². The van der Waals surface area contributed by atoms with Crippen molar-refractivity contribution in [1.82, 2.24) is 4.90 Å². The number of likely N-dealkylation sites (tertiary alicyclic amines) is 1. The van der Waals surface area contributed by atoms with Crippen LogP contribution in [0.15, 0.2) is 0 Å². The number of aliphatic carboxylic acids is 1. The lowest BCUT2D eigenvalue weighted by atomic mass is 9.90. The number of carboxylic acids is 1. The molecule has 0 aliphatic carbocycles. The summed E-state index contributed by atoms with van der Waals surface area (Å²) in [6, 6.07) is 0. The molecule has 1 N–H and O–H groups in total. The Morgan fingerprint density at radius 1 is 1.35 bits per heavy atom. The Labute approximate surface area is 102 Å². The molecule has 1 rings (SSSR count). The van der Waals surface area contributed by atoms with Gasteiger partial charge in [0.1, 0.15) is 0 Å². The second-order valence-corrected chi connectivity index (χ2v) is 5.26. The molecule has 0 radical (unpaired) electrons. The van der Waals surface area contributed by atoms with Crippen LogP contribution < -0.4 is 0 Å². The maximum atomic E-state index is 11.3. The standard InChI is InChI=1S/C12H21NO4/c1-12(2,11(15)16)8-13-6-4-9(5-7-13)10(14)17-3/h9H,4-8H2,1-3H3,(H,15,16). The average molecular weight is 243 g/mol. The third-order valence-corrected chi connectivity index (χ3v) is 3.32. The van der Waals surface area contributed by atoms with Crippen LogP contribution >= 0.6 is 0 Å². The molecule has 17 heavy (non-hydrogen) atoms. The van der Waals surface area contributed by atoms with E-state index in [4.69, 9.17) is 9.84 Å². The summed E-state index contributed by atoms with van der Waals surface area (Å²) in [5, 5.41) is 9.05. The normalized spacial score (nSPS) is 19.0. The van der Waals surface area contributed by atoms with Crippen molar-refractivity contribution in [2.45, 2.75) is 26.7 Å². The first kappa shape index (κ1) is 14.0. The Morgan fingerprint density at radius 2 is 1.88 bits per heavy atom. The van der Waals surface area contributed by atoms with E-state index in [1.165, 1.54) is 7.11 Å². The highest BCUT2D eigenvalue weighted by Gasteiger charge is 2.32.